The van der Waals surface area contributed by atoms with E-state index in [1.165, 1.54) is 0 Å². The van der Waals surface area contributed by atoms with Crippen LogP contribution in [0, 0.1) is 19.8 Å². The number of nitrogens with zero attached hydrogens (tertiary/aromatic N) is 2. The highest BCUT2D eigenvalue weighted by atomic mass is 16.6. The number of aryl methyl sites for hydroxylation is 1. The van der Waals surface area contributed by atoms with Crippen molar-refractivity contribution in [2.75, 3.05) is 0 Å². The average molecular weight is 315 g/mol. The Kier molecular flexibility index (Phi) is 5.93. The highest BCUT2D eigenvalue weighted by Gasteiger charge is 2.15. The standard InChI is InChI=1S/C18H25N3O2/c1-13(2)11-21-15(4)17(14(3)19-21)10-18(22)20-23-12-16-8-6-5-7-9-16/h5-9,13H,10-12H2,1-4H3,(H,20,22). The fourth-order valence-corrected chi connectivity index (χ4v) is 2.48. The van der Waals surface area contributed by atoms with Crippen LogP contribution in [0.1, 0.15) is 36.4 Å². The van der Waals surface area contributed by atoms with E-state index in [1.54, 1.807) is 0 Å². The molecule has 2 rings (SSSR count). The summed E-state index contributed by atoms with van der Waals surface area (Å²) in [5, 5.41) is 4.53. The topological polar surface area (TPSA) is 56.2 Å². The van der Waals surface area contributed by atoms with Crippen LogP contribution in [0.15, 0.2) is 30.3 Å². The average Bonchev–Trinajstić information content (AvgIpc) is 2.75. The van der Waals surface area contributed by atoms with Crippen LogP contribution in [0.4, 0.5) is 0 Å². The molecule has 0 unspecified atom stereocenters. The maximum absolute atomic E-state index is 12.1. The summed E-state index contributed by atoms with van der Waals surface area (Å²) >= 11 is 0. The fraction of sp³-hybridized carbons (Fsp3) is 0.444. The van der Waals surface area contributed by atoms with Gasteiger partial charge in [0.15, 0.2) is 0 Å². The van der Waals surface area contributed by atoms with Crippen molar-refractivity contribution in [1.82, 2.24) is 15.3 Å². The lowest BCUT2D eigenvalue weighted by Crippen LogP contribution is -2.25. The maximum atomic E-state index is 12.1. The predicted octanol–water partition coefficient (Wildman–Crippen LogP) is 2.95. The van der Waals surface area contributed by atoms with E-state index in [0.29, 0.717) is 12.5 Å². The molecular weight excluding hydrogens is 290 g/mol. The Morgan fingerprint density at radius 1 is 1.26 bits per heavy atom. The molecule has 1 N–H and O–H groups in total. The zero-order chi connectivity index (χ0) is 16.8. The van der Waals surface area contributed by atoms with Crippen molar-refractivity contribution in [2.45, 2.75) is 47.3 Å². The summed E-state index contributed by atoms with van der Waals surface area (Å²) < 4.78 is 1.98. The van der Waals surface area contributed by atoms with Crippen LogP contribution in [0.5, 0.6) is 0 Å². The molecule has 0 aliphatic heterocycles. The van der Waals surface area contributed by atoms with Crippen LogP contribution in [-0.2, 0) is 29.2 Å². The van der Waals surface area contributed by atoms with Crippen molar-refractivity contribution >= 4 is 5.91 Å². The molecule has 0 saturated carbocycles. The number of hydrogen-bond donors (Lipinski definition) is 1. The number of carbonyl (C=O) groups excluding carboxylic acids is 1. The molecule has 0 saturated heterocycles. The molecule has 1 amide bonds. The van der Waals surface area contributed by atoms with E-state index in [2.05, 4.69) is 24.4 Å². The van der Waals surface area contributed by atoms with Gasteiger partial charge in [0.25, 0.3) is 0 Å². The quantitative estimate of drug-likeness (QED) is 0.799. The van der Waals surface area contributed by atoms with E-state index >= 15 is 0 Å². The Hall–Kier alpha value is -2.14. The van der Waals surface area contributed by atoms with Crippen molar-refractivity contribution < 1.29 is 9.63 Å². The minimum Gasteiger partial charge on any atom is -0.272 e. The second-order valence-corrected chi connectivity index (χ2v) is 6.20. The van der Waals surface area contributed by atoms with Gasteiger partial charge in [0, 0.05) is 17.8 Å². The Balaban J connectivity index is 1.89. The number of benzene rings is 1. The van der Waals surface area contributed by atoms with Gasteiger partial charge in [-0.15, -0.1) is 0 Å². The van der Waals surface area contributed by atoms with E-state index in [0.717, 1.165) is 29.1 Å². The first-order chi connectivity index (χ1) is 11.0. The van der Waals surface area contributed by atoms with Gasteiger partial charge >= 0.3 is 0 Å². The second-order valence-electron chi connectivity index (χ2n) is 6.20. The van der Waals surface area contributed by atoms with Gasteiger partial charge in [-0.2, -0.15) is 5.10 Å². The minimum atomic E-state index is -0.156. The van der Waals surface area contributed by atoms with Gasteiger partial charge in [-0.05, 0) is 25.3 Å². The molecule has 0 aliphatic carbocycles. The van der Waals surface area contributed by atoms with Crippen molar-refractivity contribution in [3.8, 4) is 0 Å². The summed E-state index contributed by atoms with van der Waals surface area (Å²) in [6.07, 6.45) is 0.282. The smallest absolute Gasteiger partial charge is 0.248 e. The fourth-order valence-electron chi connectivity index (χ4n) is 2.48. The highest BCUT2D eigenvalue weighted by molar-refractivity contribution is 5.78. The van der Waals surface area contributed by atoms with Crippen LogP contribution in [-0.4, -0.2) is 15.7 Å². The van der Waals surface area contributed by atoms with Crippen LogP contribution >= 0.6 is 0 Å². The number of aromatic nitrogens is 2. The molecule has 0 spiro atoms. The molecule has 2 aromatic rings. The van der Waals surface area contributed by atoms with Crippen LogP contribution in [0.3, 0.4) is 0 Å². The lowest BCUT2D eigenvalue weighted by Gasteiger charge is -2.08. The first kappa shape index (κ1) is 17.2. The van der Waals surface area contributed by atoms with E-state index in [4.69, 9.17) is 4.84 Å². The molecule has 0 atom stereocenters. The molecule has 0 aliphatic rings. The van der Waals surface area contributed by atoms with Gasteiger partial charge in [-0.3, -0.25) is 14.3 Å². The van der Waals surface area contributed by atoms with Crippen molar-refractivity contribution in [3.05, 3.63) is 52.8 Å². The Bertz CT molecular complexity index is 648. The van der Waals surface area contributed by atoms with Gasteiger partial charge < -0.3 is 0 Å². The van der Waals surface area contributed by atoms with Crippen LogP contribution in [0.25, 0.3) is 0 Å². The highest BCUT2D eigenvalue weighted by Crippen LogP contribution is 2.15. The van der Waals surface area contributed by atoms with Crippen molar-refractivity contribution in [3.63, 3.8) is 0 Å². The predicted molar refractivity (Wildman–Crippen MR) is 89.6 cm³/mol. The third-order valence-corrected chi connectivity index (χ3v) is 3.67. The lowest BCUT2D eigenvalue weighted by atomic mass is 10.1. The van der Waals surface area contributed by atoms with Gasteiger partial charge in [0.05, 0.1) is 18.7 Å². The third-order valence-electron chi connectivity index (χ3n) is 3.67. The zero-order valence-corrected chi connectivity index (χ0v) is 14.3. The SMILES string of the molecule is Cc1nn(CC(C)C)c(C)c1CC(=O)NOCc1ccccc1. The summed E-state index contributed by atoms with van der Waals surface area (Å²) in [6, 6.07) is 9.74. The van der Waals surface area contributed by atoms with Crippen molar-refractivity contribution in [2.24, 2.45) is 5.92 Å². The van der Waals surface area contributed by atoms with Gasteiger partial charge in [0.1, 0.15) is 0 Å². The number of hydrogen-bond acceptors (Lipinski definition) is 3. The summed E-state index contributed by atoms with van der Waals surface area (Å²) in [5.74, 6) is 0.361. The van der Waals surface area contributed by atoms with Crippen LogP contribution < -0.4 is 5.48 Å². The molecular formula is C18H25N3O2. The second kappa shape index (κ2) is 7.92. The minimum absolute atomic E-state index is 0.156. The number of carbonyl (C=O) groups is 1. The zero-order valence-electron chi connectivity index (χ0n) is 14.3. The first-order valence-electron chi connectivity index (χ1n) is 7.94. The summed E-state index contributed by atoms with van der Waals surface area (Å²) in [4.78, 5) is 17.3. The Labute approximate surface area is 137 Å². The molecule has 5 nitrogen and oxygen atoms in total. The molecule has 23 heavy (non-hydrogen) atoms. The largest absolute Gasteiger partial charge is 0.272 e. The molecule has 1 heterocycles. The van der Waals surface area contributed by atoms with E-state index in [9.17, 15) is 4.79 Å². The summed E-state index contributed by atoms with van der Waals surface area (Å²) in [5.41, 5.74) is 6.46. The number of hydroxylamine groups is 1. The first-order valence-corrected chi connectivity index (χ1v) is 7.94. The normalized spacial score (nSPS) is 11.0. The summed E-state index contributed by atoms with van der Waals surface area (Å²) in [7, 11) is 0. The molecule has 124 valence electrons. The van der Waals surface area contributed by atoms with Crippen LogP contribution in [0.2, 0.25) is 0 Å². The lowest BCUT2D eigenvalue weighted by molar-refractivity contribution is -0.133. The van der Waals surface area contributed by atoms with E-state index in [-0.39, 0.29) is 12.3 Å². The van der Waals surface area contributed by atoms with Gasteiger partial charge in [0.2, 0.25) is 5.91 Å². The number of rotatable bonds is 7. The van der Waals surface area contributed by atoms with Crippen molar-refractivity contribution in [1.29, 1.82) is 0 Å². The summed E-state index contributed by atoms with van der Waals surface area (Å²) in [6.45, 7) is 9.48. The van der Waals surface area contributed by atoms with E-state index in [1.807, 2.05) is 48.9 Å². The monoisotopic (exact) mass is 315 g/mol. The van der Waals surface area contributed by atoms with Gasteiger partial charge in [-0.1, -0.05) is 44.2 Å². The Morgan fingerprint density at radius 3 is 2.61 bits per heavy atom. The number of nitrogens with one attached hydrogen (secondary N) is 1. The van der Waals surface area contributed by atoms with Gasteiger partial charge in [-0.25, -0.2) is 5.48 Å². The van der Waals surface area contributed by atoms with E-state index < -0.39 is 0 Å². The Morgan fingerprint density at radius 2 is 1.96 bits per heavy atom. The molecule has 1 aromatic heterocycles. The molecule has 1 aromatic carbocycles. The molecule has 5 heteroatoms. The molecule has 0 fully saturated rings. The molecule has 0 bridgehead atoms. The molecule has 0 radical (unpaired) electrons. The third kappa shape index (κ3) is 4.93. The maximum Gasteiger partial charge on any atom is 0.248 e. The number of amides is 1.